The lowest BCUT2D eigenvalue weighted by atomic mass is 9.67. The molecule has 2 aliphatic rings. The third-order valence-electron chi connectivity index (χ3n) is 4.64. The van der Waals surface area contributed by atoms with Crippen LogP contribution in [0.25, 0.3) is 0 Å². The van der Waals surface area contributed by atoms with E-state index in [-0.39, 0.29) is 19.2 Å². The first kappa shape index (κ1) is 16.9. The van der Waals surface area contributed by atoms with E-state index in [1.54, 1.807) is 4.90 Å². The molecule has 2 aliphatic heterocycles. The fraction of sp³-hybridized carbons (Fsp3) is 0.933. The Hall–Kier alpha value is -0.460. The molecule has 2 rings (SSSR count). The van der Waals surface area contributed by atoms with Crippen LogP contribution in [0.1, 0.15) is 40.0 Å². The number of amides is 1. The number of aliphatic hydroxyl groups is 2. The van der Waals surface area contributed by atoms with Gasteiger partial charge in [0, 0.05) is 12.0 Å². The largest absolute Gasteiger partial charge is 0.444 e. The van der Waals surface area contributed by atoms with Gasteiger partial charge in [0.25, 0.3) is 0 Å². The molecular formula is C15H27NO4S. The zero-order valence-corrected chi connectivity index (χ0v) is 14.0. The first-order valence-electron chi connectivity index (χ1n) is 7.60. The van der Waals surface area contributed by atoms with Crippen LogP contribution in [0.3, 0.4) is 0 Å². The van der Waals surface area contributed by atoms with Gasteiger partial charge < -0.3 is 19.8 Å². The summed E-state index contributed by atoms with van der Waals surface area (Å²) < 4.78 is 5.38. The molecule has 0 aromatic carbocycles. The van der Waals surface area contributed by atoms with Gasteiger partial charge in [0.05, 0.1) is 18.8 Å². The van der Waals surface area contributed by atoms with Gasteiger partial charge in [0.15, 0.2) is 0 Å². The Balaban J connectivity index is 2.07. The van der Waals surface area contributed by atoms with Crippen molar-refractivity contribution in [2.45, 2.75) is 51.2 Å². The molecule has 1 unspecified atom stereocenters. The highest BCUT2D eigenvalue weighted by molar-refractivity contribution is 7.99. The van der Waals surface area contributed by atoms with E-state index in [0.29, 0.717) is 13.0 Å². The first-order chi connectivity index (χ1) is 9.71. The van der Waals surface area contributed by atoms with E-state index < -0.39 is 16.6 Å². The molecule has 6 heteroatoms. The van der Waals surface area contributed by atoms with Crippen LogP contribution in [0.15, 0.2) is 0 Å². The molecule has 1 amide bonds. The van der Waals surface area contributed by atoms with Crippen molar-refractivity contribution < 1.29 is 19.7 Å². The van der Waals surface area contributed by atoms with Gasteiger partial charge >= 0.3 is 6.09 Å². The smallest absolute Gasteiger partial charge is 0.410 e. The number of hydrogen-bond acceptors (Lipinski definition) is 5. The van der Waals surface area contributed by atoms with Crippen LogP contribution in [0.5, 0.6) is 0 Å². The molecule has 5 nitrogen and oxygen atoms in total. The van der Waals surface area contributed by atoms with E-state index in [0.717, 1.165) is 24.3 Å². The number of thioether (sulfide) groups is 1. The lowest BCUT2D eigenvalue weighted by molar-refractivity contribution is -0.106. The van der Waals surface area contributed by atoms with E-state index in [1.807, 2.05) is 32.5 Å². The quantitative estimate of drug-likeness (QED) is 0.813. The van der Waals surface area contributed by atoms with Crippen LogP contribution in [0.4, 0.5) is 4.79 Å². The van der Waals surface area contributed by atoms with E-state index >= 15 is 0 Å². The number of nitrogens with zero attached hydrogens (tertiary/aromatic N) is 1. The Labute approximate surface area is 131 Å². The molecule has 122 valence electrons. The maximum atomic E-state index is 12.2. The molecule has 0 saturated carbocycles. The van der Waals surface area contributed by atoms with Crippen LogP contribution in [-0.4, -0.2) is 63.6 Å². The number of aliphatic hydroxyl groups excluding tert-OH is 1. The number of likely N-dealkylation sites (tertiary alicyclic amines) is 1. The molecule has 0 aliphatic carbocycles. The van der Waals surface area contributed by atoms with Crippen molar-refractivity contribution in [1.29, 1.82) is 0 Å². The Morgan fingerprint density at radius 1 is 1.29 bits per heavy atom. The highest BCUT2D eigenvalue weighted by Crippen LogP contribution is 2.47. The summed E-state index contributed by atoms with van der Waals surface area (Å²) in [5.74, 6) is 1.91. The normalized spacial score (nSPS) is 29.5. The number of carbonyl (C=O) groups excluding carboxylic acids is 1. The molecule has 0 bridgehead atoms. The molecule has 0 aromatic heterocycles. The van der Waals surface area contributed by atoms with Gasteiger partial charge in [-0.3, -0.25) is 0 Å². The van der Waals surface area contributed by atoms with Gasteiger partial charge in [0.1, 0.15) is 5.60 Å². The van der Waals surface area contributed by atoms with E-state index in [4.69, 9.17) is 4.74 Å². The molecule has 2 fully saturated rings. The standard InChI is InChI=1S/C15H27NO4S/c1-13(2,3)20-12(18)16-7-4-15(19,10-16)14(11-17)5-8-21-9-6-14/h17,19H,4-11H2,1-3H3. The number of ether oxygens (including phenoxy) is 1. The van der Waals surface area contributed by atoms with Crippen molar-refractivity contribution in [3.8, 4) is 0 Å². The topological polar surface area (TPSA) is 70.0 Å². The summed E-state index contributed by atoms with van der Waals surface area (Å²) >= 11 is 1.86. The third-order valence-corrected chi connectivity index (χ3v) is 5.62. The highest BCUT2D eigenvalue weighted by atomic mass is 32.2. The maximum Gasteiger partial charge on any atom is 0.410 e. The van der Waals surface area contributed by atoms with Gasteiger partial charge in [-0.15, -0.1) is 0 Å². The molecule has 0 radical (unpaired) electrons. The number of hydrogen-bond donors (Lipinski definition) is 2. The van der Waals surface area contributed by atoms with Gasteiger partial charge in [-0.05, 0) is 51.5 Å². The molecule has 1 atom stereocenters. The minimum absolute atomic E-state index is 0.0216. The molecule has 21 heavy (non-hydrogen) atoms. The zero-order valence-electron chi connectivity index (χ0n) is 13.2. The lowest BCUT2D eigenvalue weighted by Gasteiger charge is -2.46. The molecule has 2 N–H and O–H groups in total. The van der Waals surface area contributed by atoms with Crippen molar-refractivity contribution in [2.75, 3.05) is 31.2 Å². The summed E-state index contributed by atoms with van der Waals surface area (Å²) in [7, 11) is 0. The van der Waals surface area contributed by atoms with E-state index in [9.17, 15) is 15.0 Å². The molecule has 0 spiro atoms. The molecule has 0 aromatic rings. The number of rotatable bonds is 2. The Bertz CT molecular complexity index is 390. The van der Waals surface area contributed by atoms with Crippen LogP contribution in [0.2, 0.25) is 0 Å². The van der Waals surface area contributed by atoms with Gasteiger partial charge in [-0.1, -0.05) is 0 Å². The molecular weight excluding hydrogens is 290 g/mol. The second-order valence-corrected chi connectivity index (χ2v) is 8.46. The fourth-order valence-corrected chi connectivity index (χ4v) is 4.52. The van der Waals surface area contributed by atoms with Gasteiger partial charge in [-0.25, -0.2) is 4.79 Å². The van der Waals surface area contributed by atoms with Crippen LogP contribution in [0, 0.1) is 5.41 Å². The molecule has 2 heterocycles. The van der Waals surface area contributed by atoms with Crippen molar-refractivity contribution in [1.82, 2.24) is 4.90 Å². The van der Waals surface area contributed by atoms with Gasteiger partial charge in [-0.2, -0.15) is 11.8 Å². The van der Waals surface area contributed by atoms with Crippen LogP contribution < -0.4 is 0 Å². The predicted octanol–water partition coefficient (Wildman–Crippen LogP) is 1.86. The summed E-state index contributed by atoms with van der Waals surface area (Å²) in [5.41, 5.74) is -2.01. The summed E-state index contributed by atoms with van der Waals surface area (Å²) in [5, 5.41) is 20.9. The van der Waals surface area contributed by atoms with Crippen molar-refractivity contribution in [3.05, 3.63) is 0 Å². The maximum absolute atomic E-state index is 12.2. The third kappa shape index (κ3) is 3.48. The van der Waals surface area contributed by atoms with E-state index in [2.05, 4.69) is 0 Å². The van der Waals surface area contributed by atoms with Crippen molar-refractivity contribution in [3.63, 3.8) is 0 Å². The average molecular weight is 317 g/mol. The number of carbonyl (C=O) groups is 1. The Morgan fingerprint density at radius 2 is 1.90 bits per heavy atom. The fourth-order valence-electron chi connectivity index (χ4n) is 3.24. The average Bonchev–Trinajstić information content (AvgIpc) is 2.82. The SMILES string of the molecule is CC(C)(C)OC(=O)N1CCC(O)(C2(CO)CCSCC2)C1. The highest BCUT2D eigenvalue weighted by Gasteiger charge is 2.54. The summed E-state index contributed by atoms with van der Waals surface area (Å²) in [6, 6.07) is 0. The Morgan fingerprint density at radius 3 is 2.43 bits per heavy atom. The zero-order chi connectivity index (χ0) is 15.7. The van der Waals surface area contributed by atoms with Crippen LogP contribution >= 0.6 is 11.8 Å². The second-order valence-electron chi connectivity index (χ2n) is 7.23. The predicted molar refractivity (Wildman–Crippen MR) is 83.5 cm³/mol. The summed E-state index contributed by atoms with van der Waals surface area (Å²) in [4.78, 5) is 13.7. The minimum Gasteiger partial charge on any atom is -0.444 e. The van der Waals surface area contributed by atoms with Gasteiger partial charge in [0.2, 0.25) is 0 Å². The van der Waals surface area contributed by atoms with Crippen LogP contribution in [-0.2, 0) is 4.74 Å². The van der Waals surface area contributed by atoms with E-state index in [1.165, 1.54) is 0 Å². The Kier molecular flexibility index (Phi) is 4.81. The van der Waals surface area contributed by atoms with Crippen molar-refractivity contribution in [2.24, 2.45) is 5.41 Å². The lowest BCUT2D eigenvalue weighted by Crippen LogP contribution is -2.54. The first-order valence-corrected chi connectivity index (χ1v) is 8.76. The minimum atomic E-state index is -1.00. The van der Waals surface area contributed by atoms with Crippen molar-refractivity contribution >= 4 is 17.9 Å². The second kappa shape index (κ2) is 5.97. The molecule has 2 saturated heterocycles. The number of β-amino-alcohol motifs (C(OH)–C–C–N with tert-alkyl or cyclic N) is 1. The summed E-state index contributed by atoms with van der Waals surface area (Å²) in [6.45, 7) is 6.22. The monoisotopic (exact) mass is 317 g/mol. The summed E-state index contributed by atoms with van der Waals surface area (Å²) in [6.07, 6.45) is 1.73.